The first-order valence-corrected chi connectivity index (χ1v) is 6.07. The van der Waals surface area contributed by atoms with E-state index in [9.17, 15) is 5.11 Å². The Morgan fingerprint density at radius 3 is 2.63 bits per heavy atom. The summed E-state index contributed by atoms with van der Waals surface area (Å²) in [6, 6.07) is 9.45. The summed E-state index contributed by atoms with van der Waals surface area (Å²) in [5.41, 5.74) is 2.00. The van der Waals surface area contributed by atoms with E-state index in [-0.39, 0.29) is 0 Å². The fourth-order valence-corrected chi connectivity index (χ4v) is 1.64. The zero-order valence-electron chi connectivity index (χ0n) is 11.0. The van der Waals surface area contributed by atoms with Crippen LogP contribution in [0, 0.1) is 0 Å². The first kappa shape index (κ1) is 13.3. The molecule has 2 N–H and O–H groups in total. The topological polar surface area (TPSA) is 67.3 Å². The molecule has 0 aliphatic carbocycles. The average Bonchev–Trinajstić information content (AvgIpc) is 2.46. The van der Waals surface area contributed by atoms with Crippen molar-refractivity contribution in [2.24, 2.45) is 0 Å². The van der Waals surface area contributed by atoms with Gasteiger partial charge in [-0.05, 0) is 18.1 Å². The summed E-state index contributed by atoms with van der Waals surface area (Å²) >= 11 is 0. The molecule has 2 rings (SSSR count). The summed E-state index contributed by atoms with van der Waals surface area (Å²) < 4.78 is 5.03. The summed E-state index contributed by atoms with van der Waals surface area (Å²) in [5, 5.41) is 12.6. The molecule has 0 fully saturated rings. The molecule has 5 nitrogen and oxygen atoms in total. The van der Waals surface area contributed by atoms with Crippen LogP contribution in [0.4, 0.5) is 5.95 Å². The Morgan fingerprint density at radius 1 is 1.26 bits per heavy atom. The molecule has 1 aromatic heterocycles. The molecule has 0 aliphatic rings. The second-order valence-electron chi connectivity index (χ2n) is 4.19. The molecule has 1 atom stereocenters. The minimum Gasteiger partial charge on any atom is -0.481 e. The minimum absolute atomic E-state index is 0.441. The number of ether oxygens (including phenoxy) is 1. The summed E-state index contributed by atoms with van der Waals surface area (Å²) in [4.78, 5) is 8.27. The SMILES string of the molecule is COc1ccnc(NCc2ccc([C@H](C)O)cc2)n1. The molecule has 100 valence electrons. The second-order valence-corrected chi connectivity index (χ2v) is 4.19. The Kier molecular flexibility index (Phi) is 4.30. The van der Waals surface area contributed by atoms with Gasteiger partial charge in [-0.3, -0.25) is 0 Å². The molecule has 5 heteroatoms. The predicted octanol–water partition coefficient (Wildman–Crippen LogP) is 2.15. The summed E-state index contributed by atoms with van der Waals surface area (Å²) in [6.45, 7) is 2.37. The Morgan fingerprint density at radius 2 is 2.00 bits per heavy atom. The van der Waals surface area contributed by atoms with Crippen LogP contribution in [0.25, 0.3) is 0 Å². The molecule has 0 saturated carbocycles. The second kappa shape index (κ2) is 6.15. The monoisotopic (exact) mass is 259 g/mol. The van der Waals surface area contributed by atoms with Gasteiger partial charge in [0.05, 0.1) is 13.2 Å². The zero-order valence-corrected chi connectivity index (χ0v) is 11.0. The predicted molar refractivity (Wildman–Crippen MR) is 73.0 cm³/mol. The van der Waals surface area contributed by atoms with Gasteiger partial charge in [-0.15, -0.1) is 0 Å². The molecule has 0 aliphatic heterocycles. The van der Waals surface area contributed by atoms with Crippen LogP contribution in [0.15, 0.2) is 36.5 Å². The van der Waals surface area contributed by atoms with E-state index >= 15 is 0 Å². The molecule has 0 amide bonds. The molecular formula is C14H17N3O2. The van der Waals surface area contributed by atoms with Crippen LogP contribution in [0.2, 0.25) is 0 Å². The molecule has 0 radical (unpaired) electrons. The van der Waals surface area contributed by atoms with E-state index in [2.05, 4.69) is 15.3 Å². The van der Waals surface area contributed by atoms with E-state index in [4.69, 9.17) is 4.74 Å². The maximum absolute atomic E-state index is 9.43. The molecule has 0 unspecified atom stereocenters. The maximum Gasteiger partial charge on any atom is 0.226 e. The normalized spacial score (nSPS) is 11.9. The van der Waals surface area contributed by atoms with Crippen molar-refractivity contribution < 1.29 is 9.84 Å². The Bertz CT molecular complexity index is 526. The van der Waals surface area contributed by atoms with Gasteiger partial charge in [0.2, 0.25) is 11.8 Å². The summed E-state index contributed by atoms with van der Waals surface area (Å²) in [6.07, 6.45) is 1.20. The maximum atomic E-state index is 9.43. The smallest absolute Gasteiger partial charge is 0.226 e. The van der Waals surface area contributed by atoms with Crippen molar-refractivity contribution in [3.8, 4) is 5.88 Å². The number of methoxy groups -OCH3 is 1. The van der Waals surface area contributed by atoms with E-state index in [0.29, 0.717) is 18.4 Å². The highest BCUT2D eigenvalue weighted by molar-refractivity contribution is 5.31. The third-order valence-electron chi connectivity index (χ3n) is 2.75. The van der Waals surface area contributed by atoms with Crippen LogP contribution in [0.5, 0.6) is 5.88 Å². The van der Waals surface area contributed by atoms with Crippen molar-refractivity contribution in [2.75, 3.05) is 12.4 Å². The van der Waals surface area contributed by atoms with E-state index in [1.54, 1.807) is 26.3 Å². The Labute approximate surface area is 112 Å². The fourth-order valence-electron chi connectivity index (χ4n) is 1.64. The van der Waals surface area contributed by atoms with Gasteiger partial charge in [0.15, 0.2) is 0 Å². The van der Waals surface area contributed by atoms with E-state index in [1.165, 1.54) is 0 Å². The number of nitrogens with zero attached hydrogens (tertiary/aromatic N) is 2. The number of aliphatic hydroxyl groups excluding tert-OH is 1. The van der Waals surface area contributed by atoms with Crippen LogP contribution in [0.3, 0.4) is 0 Å². The zero-order chi connectivity index (χ0) is 13.7. The lowest BCUT2D eigenvalue weighted by Gasteiger charge is -2.08. The number of hydrogen-bond acceptors (Lipinski definition) is 5. The molecule has 0 saturated heterocycles. The average molecular weight is 259 g/mol. The van der Waals surface area contributed by atoms with Crippen LogP contribution < -0.4 is 10.1 Å². The lowest BCUT2D eigenvalue weighted by Crippen LogP contribution is -2.04. The molecule has 1 aromatic carbocycles. The summed E-state index contributed by atoms with van der Waals surface area (Å²) in [7, 11) is 1.57. The van der Waals surface area contributed by atoms with Crippen molar-refractivity contribution in [3.05, 3.63) is 47.7 Å². The largest absolute Gasteiger partial charge is 0.481 e. The highest BCUT2D eigenvalue weighted by Crippen LogP contribution is 2.14. The third-order valence-corrected chi connectivity index (χ3v) is 2.75. The van der Waals surface area contributed by atoms with Crippen molar-refractivity contribution in [2.45, 2.75) is 19.6 Å². The van der Waals surface area contributed by atoms with Gasteiger partial charge in [-0.25, -0.2) is 4.98 Å². The molecule has 19 heavy (non-hydrogen) atoms. The number of aromatic nitrogens is 2. The van der Waals surface area contributed by atoms with Gasteiger partial charge in [-0.1, -0.05) is 24.3 Å². The van der Waals surface area contributed by atoms with Gasteiger partial charge < -0.3 is 15.2 Å². The minimum atomic E-state index is -0.441. The summed E-state index contributed by atoms with van der Waals surface area (Å²) in [5.74, 6) is 1.06. The molecule has 0 spiro atoms. The Balaban J connectivity index is 1.98. The van der Waals surface area contributed by atoms with E-state index < -0.39 is 6.10 Å². The molecular weight excluding hydrogens is 242 g/mol. The first-order chi connectivity index (χ1) is 9.19. The van der Waals surface area contributed by atoms with Gasteiger partial charge >= 0.3 is 0 Å². The number of rotatable bonds is 5. The quantitative estimate of drug-likeness (QED) is 0.861. The standard InChI is InChI=1S/C14H17N3O2/c1-10(18)12-5-3-11(4-6-12)9-16-14-15-8-7-13(17-14)19-2/h3-8,10,18H,9H2,1-2H3,(H,15,16,17)/t10-/m0/s1. The number of benzene rings is 1. The molecule has 0 bridgehead atoms. The van der Waals surface area contributed by atoms with Gasteiger partial charge in [0.25, 0.3) is 0 Å². The van der Waals surface area contributed by atoms with Crippen LogP contribution >= 0.6 is 0 Å². The highest BCUT2D eigenvalue weighted by Gasteiger charge is 2.01. The van der Waals surface area contributed by atoms with E-state index in [1.807, 2.05) is 24.3 Å². The molecule has 2 aromatic rings. The lowest BCUT2D eigenvalue weighted by molar-refractivity contribution is 0.199. The number of anilines is 1. The van der Waals surface area contributed by atoms with Gasteiger partial charge in [-0.2, -0.15) is 4.98 Å². The van der Waals surface area contributed by atoms with Crippen LogP contribution in [-0.4, -0.2) is 22.2 Å². The van der Waals surface area contributed by atoms with Crippen molar-refractivity contribution in [1.82, 2.24) is 9.97 Å². The highest BCUT2D eigenvalue weighted by atomic mass is 16.5. The van der Waals surface area contributed by atoms with Crippen LogP contribution in [-0.2, 0) is 6.54 Å². The molecule has 1 heterocycles. The van der Waals surface area contributed by atoms with Crippen molar-refractivity contribution >= 4 is 5.95 Å². The Hall–Kier alpha value is -2.14. The van der Waals surface area contributed by atoms with Crippen molar-refractivity contribution in [1.29, 1.82) is 0 Å². The third kappa shape index (κ3) is 3.66. The van der Waals surface area contributed by atoms with Gasteiger partial charge in [0.1, 0.15) is 0 Å². The number of nitrogens with one attached hydrogen (secondary N) is 1. The van der Waals surface area contributed by atoms with E-state index in [0.717, 1.165) is 11.1 Å². The van der Waals surface area contributed by atoms with Gasteiger partial charge in [0, 0.05) is 18.8 Å². The number of aliphatic hydroxyl groups is 1. The fraction of sp³-hybridized carbons (Fsp3) is 0.286. The number of hydrogen-bond donors (Lipinski definition) is 2. The first-order valence-electron chi connectivity index (χ1n) is 6.07. The lowest BCUT2D eigenvalue weighted by atomic mass is 10.1. The van der Waals surface area contributed by atoms with Crippen molar-refractivity contribution in [3.63, 3.8) is 0 Å². The van der Waals surface area contributed by atoms with Crippen LogP contribution in [0.1, 0.15) is 24.2 Å².